The lowest BCUT2D eigenvalue weighted by atomic mass is 10.0. The molecule has 0 aliphatic rings. The van der Waals surface area contributed by atoms with Crippen LogP contribution in [0.15, 0.2) is 53.3 Å². The van der Waals surface area contributed by atoms with Gasteiger partial charge < -0.3 is 14.8 Å². The van der Waals surface area contributed by atoms with Gasteiger partial charge in [0.25, 0.3) is 0 Å². The topological polar surface area (TPSA) is 62.3 Å². The lowest BCUT2D eigenvalue weighted by Crippen LogP contribution is -2.25. The second-order valence-corrected chi connectivity index (χ2v) is 6.79. The minimum atomic E-state index is -0.826. The number of H-pyrrole nitrogens is 1. The van der Waals surface area contributed by atoms with Crippen molar-refractivity contribution >= 4 is 32.6 Å². The smallest absolute Gasteiger partial charge is 0.201 e. The van der Waals surface area contributed by atoms with E-state index in [1.165, 1.54) is 6.07 Å². The number of rotatable bonds is 2. The number of pyridine rings is 1. The number of aromatic amines is 1. The predicted octanol–water partition coefficient (Wildman–Crippen LogP) is 4.33. The van der Waals surface area contributed by atoms with Crippen molar-refractivity contribution in [1.29, 1.82) is 0 Å². The normalized spacial score (nSPS) is 11.7. The summed E-state index contributed by atoms with van der Waals surface area (Å²) in [6, 6.07) is 14.6. The Morgan fingerprint density at radius 1 is 1.08 bits per heavy atom. The van der Waals surface area contributed by atoms with Crippen LogP contribution in [0.1, 0.15) is 13.8 Å². The Bertz CT molecular complexity index is 1280. The van der Waals surface area contributed by atoms with Crippen LogP contribution in [0.4, 0.5) is 0 Å². The van der Waals surface area contributed by atoms with Gasteiger partial charge in [-0.05, 0) is 30.7 Å². The summed E-state index contributed by atoms with van der Waals surface area (Å²) < 4.78 is 5.74. The van der Waals surface area contributed by atoms with Crippen molar-refractivity contribution in [3.63, 3.8) is 0 Å². The molecule has 0 bridgehead atoms. The second kappa shape index (κ2) is 5.53. The first kappa shape index (κ1) is 16.0. The Morgan fingerprint density at radius 3 is 2.62 bits per heavy atom. The van der Waals surface area contributed by atoms with Crippen LogP contribution in [-0.4, -0.2) is 15.7 Å². The van der Waals surface area contributed by atoms with Crippen molar-refractivity contribution in [1.82, 2.24) is 4.98 Å². The van der Waals surface area contributed by atoms with E-state index in [0.29, 0.717) is 22.2 Å². The number of terminal acetylenes is 1. The molecule has 0 spiro atoms. The van der Waals surface area contributed by atoms with Gasteiger partial charge in [0, 0.05) is 12.1 Å². The van der Waals surface area contributed by atoms with Crippen molar-refractivity contribution in [3.8, 4) is 23.8 Å². The van der Waals surface area contributed by atoms with Gasteiger partial charge in [-0.1, -0.05) is 36.3 Å². The van der Waals surface area contributed by atoms with Crippen LogP contribution in [0.2, 0.25) is 0 Å². The number of hydrogen-bond acceptors (Lipinski definition) is 3. The monoisotopic (exact) mass is 343 g/mol. The number of hydrogen-bond donors (Lipinski definition) is 2. The fourth-order valence-corrected chi connectivity index (χ4v) is 3.21. The Kier molecular flexibility index (Phi) is 3.41. The molecule has 4 nitrogen and oxygen atoms in total. The van der Waals surface area contributed by atoms with Gasteiger partial charge >= 0.3 is 0 Å². The molecule has 0 saturated heterocycles. The molecule has 26 heavy (non-hydrogen) atoms. The lowest BCUT2D eigenvalue weighted by molar-refractivity contribution is 0.172. The van der Waals surface area contributed by atoms with Crippen molar-refractivity contribution in [2.45, 2.75) is 19.4 Å². The first-order valence-electron chi connectivity index (χ1n) is 8.27. The van der Waals surface area contributed by atoms with Crippen LogP contribution >= 0.6 is 0 Å². The number of nitrogens with one attached hydrogen (secondary N) is 1. The molecule has 2 N–H and O–H groups in total. The van der Waals surface area contributed by atoms with E-state index in [4.69, 9.17) is 11.2 Å². The van der Waals surface area contributed by atoms with Gasteiger partial charge in [-0.25, -0.2) is 0 Å². The average Bonchev–Trinajstić information content (AvgIpc) is 2.60. The lowest BCUT2D eigenvalue weighted by Gasteiger charge is -2.20. The summed E-state index contributed by atoms with van der Waals surface area (Å²) in [6.45, 7) is 3.51. The molecule has 0 radical (unpaired) electrons. The molecule has 0 atom stereocenters. The summed E-state index contributed by atoms with van der Waals surface area (Å²) in [4.78, 5) is 16.4. The quantitative estimate of drug-likeness (QED) is 0.323. The zero-order valence-electron chi connectivity index (χ0n) is 14.5. The molecular weight excluding hydrogens is 326 g/mol. The van der Waals surface area contributed by atoms with E-state index in [9.17, 15) is 9.90 Å². The van der Waals surface area contributed by atoms with Gasteiger partial charge in [-0.15, -0.1) is 6.42 Å². The maximum absolute atomic E-state index is 13.1. The molecule has 128 valence electrons. The van der Waals surface area contributed by atoms with E-state index in [0.717, 1.165) is 10.8 Å². The third-order valence-electron chi connectivity index (χ3n) is 4.46. The van der Waals surface area contributed by atoms with E-state index >= 15 is 0 Å². The van der Waals surface area contributed by atoms with Crippen LogP contribution in [-0.2, 0) is 0 Å². The van der Waals surface area contributed by atoms with Gasteiger partial charge in [0.1, 0.15) is 11.5 Å². The molecule has 0 aliphatic heterocycles. The highest BCUT2D eigenvalue weighted by atomic mass is 16.5. The third-order valence-corrected chi connectivity index (χ3v) is 4.46. The Hall–Kier alpha value is -3.45. The number of ether oxygens (including phenoxy) is 1. The third kappa shape index (κ3) is 2.46. The molecule has 4 heteroatoms. The first-order chi connectivity index (χ1) is 12.4. The van der Waals surface area contributed by atoms with E-state index < -0.39 is 5.60 Å². The number of aromatic nitrogens is 1. The summed E-state index contributed by atoms with van der Waals surface area (Å²) in [5.74, 6) is 2.80. The standard InChI is InChI=1S/C22H17NO3/c1-4-22(2,3)26-14-11-17-20(18(24)12-14)21(25)19-15-8-6-5-7-13(15)9-10-16(19)23-17/h1,5-12,24H,2-3H3,(H,23,25). The molecule has 1 aromatic heterocycles. The number of phenols is 1. The summed E-state index contributed by atoms with van der Waals surface area (Å²) in [7, 11) is 0. The molecule has 4 rings (SSSR count). The molecule has 0 fully saturated rings. The zero-order valence-corrected chi connectivity index (χ0v) is 14.5. The SMILES string of the molecule is C#CC(C)(C)Oc1cc(O)c2c(=O)c3c(ccc4ccccc43)[nH]c2c1. The fourth-order valence-electron chi connectivity index (χ4n) is 3.21. The van der Waals surface area contributed by atoms with Crippen molar-refractivity contribution < 1.29 is 9.84 Å². The molecule has 1 heterocycles. The molecular formula is C22H17NO3. The van der Waals surface area contributed by atoms with Crippen molar-refractivity contribution in [2.24, 2.45) is 0 Å². The molecule has 4 aromatic rings. The van der Waals surface area contributed by atoms with Crippen LogP contribution in [0.25, 0.3) is 32.6 Å². The first-order valence-corrected chi connectivity index (χ1v) is 8.27. The fraction of sp³-hybridized carbons (Fsp3) is 0.136. The highest BCUT2D eigenvalue weighted by Gasteiger charge is 2.18. The zero-order chi connectivity index (χ0) is 18.5. The number of benzene rings is 3. The van der Waals surface area contributed by atoms with Gasteiger partial charge in [-0.3, -0.25) is 4.79 Å². The minimum Gasteiger partial charge on any atom is -0.507 e. The van der Waals surface area contributed by atoms with E-state index in [2.05, 4.69) is 10.9 Å². The van der Waals surface area contributed by atoms with Gasteiger partial charge in [-0.2, -0.15) is 0 Å². The number of aromatic hydroxyl groups is 1. The number of phenolic OH excluding ortho intramolecular Hbond substituents is 1. The maximum atomic E-state index is 13.1. The second-order valence-electron chi connectivity index (χ2n) is 6.79. The van der Waals surface area contributed by atoms with E-state index in [-0.39, 0.29) is 16.6 Å². The van der Waals surface area contributed by atoms with Crippen LogP contribution < -0.4 is 10.2 Å². The van der Waals surface area contributed by atoms with E-state index in [1.54, 1.807) is 19.9 Å². The van der Waals surface area contributed by atoms with Crippen molar-refractivity contribution in [3.05, 3.63) is 58.8 Å². The summed E-state index contributed by atoms with van der Waals surface area (Å²) >= 11 is 0. The van der Waals surface area contributed by atoms with E-state index in [1.807, 2.05) is 36.4 Å². The Labute approximate surface area is 150 Å². The molecule has 3 aromatic carbocycles. The molecule has 0 aliphatic carbocycles. The summed E-state index contributed by atoms with van der Waals surface area (Å²) in [5.41, 5.74) is 0.161. The summed E-state index contributed by atoms with van der Waals surface area (Å²) in [6.07, 6.45) is 5.46. The molecule has 0 saturated carbocycles. The number of fused-ring (bicyclic) bond motifs is 4. The summed E-state index contributed by atoms with van der Waals surface area (Å²) in [5, 5.41) is 13.1. The minimum absolute atomic E-state index is 0.138. The Balaban J connectivity index is 2.06. The molecule has 0 amide bonds. The van der Waals surface area contributed by atoms with Crippen LogP contribution in [0, 0.1) is 12.3 Å². The largest absolute Gasteiger partial charge is 0.507 e. The van der Waals surface area contributed by atoms with Crippen LogP contribution in [0.3, 0.4) is 0 Å². The van der Waals surface area contributed by atoms with Gasteiger partial charge in [0.2, 0.25) is 5.43 Å². The van der Waals surface area contributed by atoms with Gasteiger partial charge in [0.15, 0.2) is 5.60 Å². The van der Waals surface area contributed by atoms with Crippen LogP contribution in [0.5, 0.6) is 11.5 Å². The maximum Gasteiger partial charge on any atom is 0.201 e. The highest BCUT2D eigenvalue weighted by molar-refractivity contribution is 6.10. The van der Waals surface area contributed by atoms with Crippen molar-refractivity contribution in [2.75, 3.05) is 0 Å². The molecule has 0 unspecified atom stereocenters. The Morgan fingerprint density at radius 2 is 1.85 bits per heavy atom. The average molecular weight is 343 g/mol. The predicted molar refractivity (Wildman–Crippen MR) is 105 cm³/mol. The van der Waals surface area contributed by atoms with Gasteiger partial charge in [0.05, 0.1) is 21.8 Å². The highest BCUT2D eigenvalue weighted by Crippen LogP contribution is 2.32.